The predicted octanol–water partition coefficient (Wildman–Crippen LogP) is 4.43. The fourth-order valence-electron chi connectivity index (χ4n) is 4.91. The number of alkyl halides is 3. The number of fused-ring (bicyclic) bond motifs is 3. The van der Waals surface area contributed by atoms with E-state index in [1.807, 2.05) is 6.92 Å². The first kappa shape index (κ1) is 22.6. The number of pyridine rings is 1. The van der Waals surface area contributed by atoms with E-state index in [1.54, 1.807) is 6.92 Å². The number of benzene rings is 1. The van der Waals surface area contributed by atoms with Gasteiger partial charge in [0.15, 0.2) is 0 Å². The summed E-state index contributed by atoms with van der Waals surface area (Å²) in [5, 5.41) is 4.20. The molecular formula is C24H27F3N6O. The minimum absolute atomic E-state index is 0.172. The lowest BCUT2D eigenvalue weighted by Gasteiger charge is -2.31. The van der Waals surface area contributed by atoms with E-state index < -0.39 is 17.9 Å². The van der Waals surface area contributed by atoms with Gasteiger partial charge < -0.3 is 20.7 Å². The number of anilines is 3. The quantitative estimate of drug-likeness (QED) is 0.581. The van der Waals surface area contributed by atoms with E-state index in [0.717, 1.165) is 49.3 Å². The van der Waals surface area contributed by atoms with Crippen molar-refractivity contribution in [3.05, 3.63) is 46.4 Å². The molecule has 0 unspecified atom stereocenters. The highest BCUT2D eigenvalue weighted by atomic mass is 19.4. The molecule has 1 aromatic carbocycles. The summed E-state index contributed by atoms with van der Waals surface area (Å²) in [7, 11) is 0. The normalized spacial score (nSPS) is 17.1. The largest absolute Gasteiger partial charge is 0.433 e. The van der Waals surface area contributed by atoms with Gasteiger partial charge >= 0.3 is 6.18 Å². The van der Waals surface area contributed by atoms with Crippen molar-refractivity contribution in [2.45, 2.75) is 45.3 Å². The molecule has 1 fully saturated rings. The van der Waals surface area contributed by atoms with Crippen LogP contribution in [0.4, 0.5) is 30.5 Å². The standard InChI is InChI=1S/C24H27F3N6O/c1-13(15-10-20(24(25,26)27)32-21(28)11-15)29-23-18-12-19(33-6-8-34-9-7-33)16-4-3-5-17(16)22(18)30-14(2)31-23/h10-13H,3-9H2,1-2H3,(H2,28,32)(H,29,30,31)/t13-/m1/s1. The molecule has 3 N–H and O–H groups in total. The molecule has 0 radical (unpaired) electrons. The van der Waals surface area contributed by atoms with Crippen LogP contribution in [-0.4, -0.2) is 41.3 Å². The van der Waals surface area contributed by atoms with Gasteiger partial charge in [-0.1, -0.05) is 0 Å². The maximum atomic E-state index is 13.3. The van der Waals surface area contributed by atoms with Crippen LogP contribution in [0.1, 0.15) is 47.6 Å². The van der Waals surface area contributed by atoms with Crippen molar-refractivity contribution in [2.24, 2.45) is 0 Å². The van der Waals surface area contributed by atoms with Crippen LogP contribution in [0.3, 0.4) is 0 Å². The van der Waals surface area contributed by atoms with Crippen LogP contribution < -0.4 is 16.0 Å². The number of nitrogens with zero attached hydrogens (tertiary/aromatic N) is 4. The number of hydrogen-bond donors (Lipinski definition) is 2. The fraction of sp³-hybridized carbons (Fsp3) is 0.458. The molecule has 0 spiro atoms. The smallest absolute Gasteiger partial charge is 0.384 e. The molecule has 2 aliphatic rings. The zero-order valence-corrected chi connectivity index (χ0v) is 19.2. The molecule has 0 amide bonds. The fourth-order valence-corrected chi connectivity index (χ4v) is 4.91. The van der Waals surface area contributed by atoms with E-state index >= 15 is 0 Å². The molecular weight excluding hydrogens is 445 g/mol. The number of aromatic nitrogens is 3. The van der Waals surface area contributed by atoms with E-state index in [-0.39, 0.29) is 5.82 Å². The molecule has 0 bridgehead atoms. The summed E-state index contributed by atoms with van der Waals surface area (Å²) in [5.41, 5.74) is 9.74. The van der Waals surface area contributed by atoms with E-state index in [2.05, 4.69) is 26.3 Å². The lowest BCUT2D eigenvalue weighted by Crippen LogP contribution is -2.36. The van der Waals surface area contributed by atoms with Crippen molar-refractivity contribution in [3.8, 4) is 0 Å². The first-order chi connectivity index (χ1) is 16.2. The highest BCUT2D eigenvalue weighted by Gasteiger charge is 2.33. The molecule has 0 saturated carbocycles. The van der Waals surface area contributed by atoms with Crippen LogP contribution in [0, 0.1) is 6.92 Å². The molecule has 1 saturated heterocycles. The Hall–Kier alpha value is -3.14. The van der Waals surface area contributed by atoms with E-state index in [4.69, 9.17) is 15.5 Å². The third kappa shape index (κ3) is 4.22. The monoisotopic (exact) mass is 472 g/mol. The van der Waals surface area contributed by atoms with Gasteiger partial charge in [-0.2, -0.15) is 13.2 Å². The summed E-state index contributed by atoms with van der Waals surface area (Å²) < 4.78 is 45.4. The predicted molar refractivity (Wildman–Crippen MR) is 125 cm³/mol. The van der Waals surface area contributed by atoms with Crippen molar-refractivity contribution in [1.29, 1.82) is 0 Å². The average Bonchev–Trinajstić information content (AvgIpc) is 3.28. The van der Waals surface area contributed by atoms with Gasteiger partial charge in [0.2, 0.25) is 0 Å². The van der Waals surface area contributed by atoms with Crippen molar-refractivity contribution < 1.29 is 17.9 Å². The average molecular weight is 473 g/mol. The Morgan fingerprint density at radius 1 is 1.06 bits per heavy atom. The first-order valence-electron chi connectivity index (χ1n) is 11.5. The highest BCUT2D eigenvalue weighted by molar-refractivity contribution is 5.96. The maximum absolute atomic E-state index is 13.3. The van der Waals surface area contributed by atoms with Crippen LogP contribution in [0.25, 0.3) is 10.9 Å². The summed E-state index contributed by atoms with van der Waals surface area (Å²) >= 11 is 0. The molecule has 1 aliphatic heterocycles. The number of morpholine rings is 1. The Morgan fingerprint density at radius 2 is 1.79 bits per heavy atom. The number of halogens is 3. The second-order valence-corrected chi connectivity index (χ2v) is 8.90. The van der Waals surface area contributed by atoms with Crippen LogP contribution >= 0.6 is 0 Å². The van der Waals surface area contributed by atoms with Crippen molar-refractivity contribution >= 4 is 28.2 Å². The molecule has 2 aromatic heterocycles. The number of nitrogens with one attached hydrogen (secondary N) is 1. The SMILES string of the molecule is Cc1nc(N[C@H](C)c2cc(N)nc(C(F)(F)F)c2)c2cc(N3CCOCC3)c3c(c2n1)CCC3. The third-order valence-corrected chi connectivity index (χ3v) is 6.51. The van der Waals surface area contributed by atoms with Gasteiger partial charge in [-0.25, -0.2) is 15.0 Å². The summed E-state index contributed by atoms with van der Waals surface area (Å²) in [6.45, 7) is 6.63. The number of nitrogen functional groups attached to an aromatic ring is 1. The molecule has 10 heteroatoms. The Morgan fingerprint density at radius 3 is 2.53 bits per heavy atom. The lowest BCUT2D eigenvalue weighted by molar-refractivity contribution is -0.141. The van der Waals surface area contributed by atoms with Crippen LogP contribution in [0.5, 0.6) is 0 Å². The summed E-state index contributed by atoms with van der Waals surface area (Å²) in [6, 6.07) is 4.13. The van der Waals surface area contributed by atoms with Gasteiger partial charge in [0.25, 0.3) is 0 Å². The first-order valence-corrected chi connectivity index (χ1v) is 11.5. The molecule has 3 aromatic rings. The number of ether oxygens (including phenoxy) is 1. The Kier molecular flexibility index (Phi) is 5.71. The van der Waals surface area contributed by atoms with Gasteiger partial charge in [-0.3, -0.25) is 0 Å². The number of hydrogen-bond acceptors (Lipinski definition) is 7. The molecule has 5 rings (SSSR count). The van der Waals surface area contributed by atoms with E-state index in [9.17, 15) is 13.2 Å². The molecule has 1 atom stereocenters. The molecule has 3 heterocycles. The Labute approximate surface area is 195 Å². The van der Waals surface area contributed by atoms with Gasteiger partial charge in [0, 0.05) is 24.2 Å². The third-order valence-electron chi connectivity index (χ3n) is 6.51. The van der Waals surface area contributed by atoms with Gasteiger partial charge in [0.05, 0.1) is 24.8 Å². The zero-order valence-electron chi connectivity index (χ0n) is 19.2. The van der Waals surface area contributed by atoms with E-state index in [0.29, 0.717) is 30.4 Å². The summed E-state index contributed by atoms with van der Waals surface area (Å²) in [4.78, 5) is 15.2. The van der Waals surface area contributed by atoms with Crippen LogP contribution in [0.15, 0.2) is 18.2 Å². The zero-order chi connectivity index (χ0) is 24.0. The molecule has 7 nitrogen and oxygen atoms in total. The van der Waals surface area contributed by atoms with Gasteiger partial charge in [0.1, 0.15) is 23.2 Å². The highest BCUT2D eigenvalue weighted by Crippen LogP contribution is 2.40. The van der Waals surface area contributed by atoms with Gasteiger partial charge in [-0.15, -0.1) is 0 Å². The van der Waals surface area contributed by atoms with Crippen molar-refractivity contribution in [2.75, 3.05) is 42.3 Å². The minimum Gasteiger partial charge on any atom is -0.384 e. The lowest BCUT2D eigenvalue weighted by atomic mass is 10.0. The second-order valence-electron chi connectivity index (χ2n) is 8.90. The van der Waals surface area contributed by atoms with Crippen LogP contribution in [-0.2, 0) is 23.8 Å². The molecule has 180 valence electrons. The topological polar surface area (TPSA) is 89.2 Å². The molecule has 1 aliphatic carbocycles. The Bertz CT molecular complexity index is 1240. The molecule has 34 heavy (non-hydrogen) atoms. The summed E-state index contributed by atoms with van der Waals surface area (Å²) in [6.07, 6.45) is -1.54. The maximum Gasteiger partial charge on any atom is 0.433 e. The number of aryl methyl sites for hydroxylation is 2. The number of nitrogens with two attached hydrogens (primary N) is 1. The number of rotatable bonds is 4. The van der Waals surface area contributed by atoms with Crippen molar-refractivity contribution in [1.82, 2.24) is 15.0 Å². The Balaban J connectivity index is 1.58. The summed E-state index contributed by atoms with van der Waals surface area (Å²) in [5.74, 6) is 1.04. The van der Waals surface area contributed by atoms with Crippen molar-refractivity contribution in [3.63, 3.8) is 0 Å². The van der Waals surface area contributed by atoms with E-state index in [1.165, 1.54) is 22.9 Å². The van der Waals surface area contributed by atoms with Crippen LogP contribution in [0.2, 0.25) is 0 Å². The second kappa shape index (κ2) is 8.57. The minimum atomic E-state index is -4.57. The van der Waals surface area contributed by atoms with Gasteiger partial charge in [-0.05, 0) is 68.0 Å².